The van der Waals surface area contributed by atoms with Gasteiger partial charge in [0.05, 0.1) is 13.2 Å². The average Bonchev–Trinajstić information content (AvgIpc) is 3.16. The number of phosphoric acid groups is 2. The molecule has 2 aliphatic rings. The molecule has 20 heteroatoms. The smallest absolute Gasteiger partial charge is 0.394 e. The maximum absolute atomic E-state index is 12.1. The summed E-state index contributed by atoms with van der Waals surface area (Å²) in [7, 11) is -10.9. The quantitative estimate of drug-likeness (QED) is 0.139. The number of hydrogen-bond acceptors (Lipinski definition) is 14. The molecule has 0 aromatic carbocycles. The fourth-order valence-electron chi connectivity index (χ4n) is 3.15. The second-order valence-corrected chi connectivity index (χ2v) is 10.2. The molecule has 3 unspecified atom stereocenters. The second-order valence-electron chi connectivity index (χ2n) is 7.19. The molecular formula is C14H22N2O16P2. The third kappa shape index (κ3) is 6.07. The van der Waals surface area contributed by atoms with Gasteiger partial charge in [-0.15, -0.1) is 0 Å². The van der Waals surface area contributed by atoms with Gasteiger partial charge in [0.15, 0.2) is 12.5 Å². The van der Waals surface area contributed by atoms with Gasteiger partial charge >= 0.3 is 21.3 Å². The number of aromatic amines is 1. The maximum atomic E-state index is 12.1. The van der Waals surface area contributed by atoms with Crippen molar-refractivity contribution < 1.29 is 67.3 Å². The number of aromatic nitrogens is 2. The zero-order valence-electron chi connectivity index (χ0n) is 16.8. The summed E-state index contributed by atoms with van der Waals surface area (Å²) in [6, 6.07) is 0.939. The van der Waals surface area contributed by atoms with E-state index in [0.29, 0.717) is 0 Å². The van der Waals surface area contributed by atoms with E-state index in [1.54, 1.807) is 0 Å². The number of phosphoric ester groups is 2. The van der Waals surface area contributed by atoms with Gasteiger partial charge in [0.2, 0.25) is 0 Å². The van der Waals surface area contributed by atoms with E-state index in [1.807, 2.05) is 4.98 Å². The van der Waals surface area contributed by atoms with Crippen LogP contribution >= 0.6 is 15.6 Å². The summed E-state index contributed by atoms with van der Waals surface area (Å²) >= 11 is 0. The fourth-order valence-corrected chi connectivity index (χ4v) is 5.31. The molecule has 0 spiro atoms. The molecule has 8 N–H and O–H groups in total. The van der Waals surface area contributed by atoms with Crippen LogP contribution in [0.5, 0.6) is 0 Å². The highest BCUT2D eigenvalue weighted by Gasteiger charge is 2.49. The van der Waals surface area contributed by atoms with Gasteiger partial charge < -0.3 is 44.8 Å². The van der Waals surface area contributed by atoms with Crippen molar-refractivity contribution in [3.05, 3.63) is 33.1 Å². The topological polar surface area (TPSA) is 277 Å². The number of rotatable bonds is 9. The Morgan fingerprint density at radius 2 is 1.62 bits per heavy atom. The Hall–Kier alpha value is -1.34. The summed E-state index contributed by atoms with van der Waals surface area (Å²) in [6.07, 6.45) is -12.6. The van der Waals surface area contributed by atoms with Crippen molar-refractivity contribution in [2.24, 2.45) is 0 Å². The van der Waals surface area contributed by atoms with E-state index in [9.17, 15) is 48.9 Å². The molecule has 34 heavy (non-hydrogen) atoms. The van der Waals surface area contributed by atoms with Gasteiger partial charge in [0.25, 0.3) is 5.56 Å². The van der Waals surface area contributed by atoms with Crippen LogP contribution in [0.1, 0.15) is 6.23 Å². The van der Waals surface area contributed by atoms with Crippen molar-refractivity contribution >= 4 is 15.6 Å². The molecule has 2 aliphatic heterocycles. The van der Waals surface area contributed by atoms with Crippen LogP contribution in [0.4, 0.5) is 0 Å². The monoisotopic (exact) mass is 536 g/mol. The van der Waals surface area contributed by atoms with Crippen LogP contribution in [0.2, 0.25) is 0 Å². The van der Waals surface area contributed by atoms with Crippen molar-refractivity contribution in [1.29, 1.82) is 0 Å². The van der Waals surface area contributed by atoms with Crippen molar-refractivity contribution in [3.8, 4) is 0 Å². The van der Waals surface area contributed by atoms with Crippen molar-refractivity contribution in [2.75, 3.05) is 13.2 Å². The lowest BCUT2D eigenvalue weighted by Gasteiger charge is -2.21. The summed E-state index contributed by atoms with van der Waals surface area (Å²) in [5, 5.41) is 48.5. The van der Waals surface area contributed by atoms with Gasteiger partial charge in [-0.05, 0) is 0 Å². The zero-order valence-corrected chi connectivity index (χ0v) is 18.6. The largest absolute Gasteiger partial charge is 0.483 e. The Balaban J connectivity index is 1.60. The first-order valence-electron chi connectivity index (χ1n) is 9.40. The van der Waals surface area contributed by atoms with E-state index in [0.717, 1.165) is 16.8 Å². The van der Waals surface area contributed by atoms with E-state index in [-0.39, 0.29) is 0 Å². The predicted octanol–water partition coefficient (Wildman–Crippen LogP) is -4.15. The first-order chi connectivity index (χ1) is 15.7. The van der Waals surface area contributed by atoms with Crippen molar-refractivity contribution in [2.45, 2.75) is 49.1 Å². The number of aliphatic hydroxyl groups is 5. The minimum absolute atomic E-state index is 0.736. The van der Waals surface area contributed by atoms with Gasteiger partial charge in [0.1, 0.15) is 36.6 Å². The van der Waals surface area contributed by atoms with Crippen LogP contribution in [0.3, 0.4) is 0 Å². The first kappa shape index (κ1) is 27.3. The molecule has 3 heterocycles. The number of nitrogens with zero attached hydrogens (tertiary/aromatic N) is 1. The van der Waals surface area contributed by atoms with Gasteiger partial charge in [-0.3, -0.25) is 23.4 Å². The summed E-state index contributed by atoms with van der Waals surface area (Å²) in [5.74, 6) is 0. The minimum atomic E-state index is -5.47. The second kappa shape index (κ2) is 10.3. The molecule has 0 bridgehead atoms. The molecule has 1 aromatic heterocycles. The summed E-state index contributed by atoms with van der Waals surface area (Å²) in [5.41, 5.74) is -1.72. The molecule has 10 atom stereocenters. The zero-order chi connectivity index (χ0) is 25.4. The van der Waals surface area contributed by atoms with Crippen LogP contribution in [-0.2, 0) is 32.0 Å². The highest BCUT2D eigenvalue weighted by molar-refractivity contribution is 7.61. The highest BCUT2D eigenvalue weighted by atomic mass is 31.3. The molecule has 3 rings (SSSR count). The number of ether oxygens (including phenoxy) is 2. The minimum Gasteiger partial charge on any atom is -0.394 e. The van der Waals surface area contributed by atoms with Gasteiger partial charge in [-0.1, -0.05) is 0 Å². The van der Waals surface area contributed by atoms with Crippen LogP contribution in [-0.4, -0.2) is 101 Å². The van der Waals surface area contributed by atoms with Gasteiger partial charge in [-0.25, -0.2) is 13.9 Å². The average molecular weight is 536 g/mol. The van der Waals surface area contributed by atoms with E-state index >= 15 is 0 Å². The molecule has 0 aliphatic carbocycles. The standard InChI is InChI=1S/C14H22N2O16P2/c17-3-5-8(19)11(22)13(30-5)31-34(26,27)32-33(24,25)28-4-6-9(20)10(21)12(29-6)16-2-1-7(18)15-14(16)23/h1-2,5-6,8-13,17,19-22H,3-4H2,(H,24,25)(H,26,27)(H,15,18,23)/t5-,6+,8-,9+,10+,11+,12?,13+/m0/s1. The number of hydrogen-bond donors (Lipinski definition) is 8. The Morgan fingerprint density at radius 3 is 2.21 bits per heavy atom. The van der Waals surface area contributed by atoms with E-state index in [2.05, 4.69) is 13.4 Å². The molecule has 2 saturated heterocycles. The summed E-state index contributed by atoms with van der Waals surface area (Å²) in [4.78, 5) is 44.3. The van der Waals surface area contributed by atoms with Crippen LogP contribution in [0, 0.1) is 0 Å². The summed E-state index contributed by atoms with van der Waals surface area (Å²) in [6.45, 7) is -1.77. The third-order valence-electron chi connectivity index (χ3n) is 4.81. The summed E-state index contributed by atoms with van der Waals surface area (Å²) < 4.78 is 47.8. The third-order valence-corrected chi connectivity index (χ3v) is 7.41. The molecular weight excluding hydrogens is 514 g/mol. The molecule has 2 fully saturated rings. The highest BCUT2D eigenvalue weighted by Crippen LogP contribution is 2.61. The molecule has 18 nitrogen and oxygen atoms in total. The lowest BCUT2D eigenvalue weighted by molar-refractivity contribution is -0.125. The SMILES string of the molecule is O=c1ccn(C2O[C@H](COP(=O)(O)OP(=O)(O)O[C@H]3O[C@@H](CO)[C@H](O)[C@H]3O)[C@@H](O)[C@H]2O)c(=O)[nH]1. The molecule has 0 amide bonds. The Kier molecular flexibility index (Phi) is 8.28. The molecule has 0 saturated carbocycles. The molecule has 194 valence electrons. The van der Waals surface area contributed by atoms with Crippen molar-refractivity contribution in [1.82, 2.24) is 9.55 Å². The first-order valence-corrected chi connectivity index (χ1v) is 12.4. The Labute approximate surface area is 188 Å². The number of nitrogens with one attached hydrogen (secondary N) is 1. The predicted molar refractivity (Wildman–Crippen MR) is 103 cm³/mol. The fraction of sp³-hybridized carbons (Fsp3) is 0.714. The van der Waals surface area contributed by atoms with Gasteiger partial charge in [-0.2, -0.15) is 4.31 Å². The Morgan fingerprint density at radius 1 is 0.971 bits per heavy atom. The Bertz CT molecular complexity index is 1080. The molecule has 1 aromatic rings. The van der Waals surface area contributed by atoms with Crippen LogP contribution in [0.25, 0.3) is 0 Å². The van der Waals surface area contributed by atoms with Gasteiger partial charge in [0, 0.05) is 12.3 Å². The lowest BCUT2D eigenvalue weighted by atomic mass is 10.1. The van der Waals surface area contributed by atoms with Crippen LogP contribution < -0.4 is 11.2 Å². The molecule has 0 radical (unpaired) electrons. The van der Waals surface area contributed by atoms with E-state index in [1.165, 1.54) is 0 Å². The number of aliphatic hydroxyl groups excluding tert-OH is 5. The normalized spacial score (nSPS) is 37.4. The maximum Gasteiger partial charge on any atom is 0.483 e. The van der Waals surface area contributed by atoms with E-state index in [4.69, 9.17) is 14.6 Å². The van der Waals surface area contributed by atoms with Crippen LogP contribution in [0.15, 0.2) is 21.9 Å². The lowest BCUT2D eigenvalue weighted by Crippen LogP contribution is -2.37. The van der Waals surface area contributed by atoms with E-state index < -0.39 is 89.2 Å². The van der Waals surface area contributed by atoms with Crippen molar-refractivity contribution in [3.63, 3.8) is 0 Å². The number of H-pyrrole nitrogens is 1.